The van der Waals surface area contributed by atoms with Crippen LogP contribution in [-0.4, -0.2) is 46.8 Å². The molecule has 1 N–H and O–H groups in total. The largest absolute Gasteiger partial charge is 0.482 e. The Morgan fingerprint density at radius 3 is 2.22 bits per heavy atom. The van der Waals surface area contributed by atoms with Gasteiger partial charge in [0.2, 0.25) is 0 Å². The molecule has 3 rings (SSSR count). The molecule has 194 valence electrons. The lowest BCUT2D eigenvalue weighted by Gasteiger charge is -2.24. The third-order valence-corrected chi connectivity index (χ3v) is 7.12. The van der Waals surface area contributed by atoms with Crippen LogP contribution >= 0.6 is 0 Å². The van der Waals surface area contributed by atoms with E-state index in [-0.39, 0.29) is 17.4 Å². The zero-order valence-corrected chi connectivity index (χ0v) is 21.6. The molecule has 0 bridgehead atoms. The van der Waals surface area contributed by atoms with E-state index in [1.54, 1.807) is 54.6 Å². The molecule has 0 heterocycles. The molecule has 0 radical (unpaired) electrons. The van der Waals surface area contributed by atoms with Gasteiger partial charge in [-0.15, -0.1) is 0 Å². The number of carbonyl (C=O) groups is 2. The Morgan fingerprint density at radius 1 is 0.973 bits per heavy atom. The maximum absolute atomic E-state index is 13.4. The average molecular weight is 524 g/mol. The lowest BCUT2D eigenvalue weighted by atomic mass is 10.0. The van der Waals surface area contributed by atoms with Crippen LogP contribution < -0.4 is 14.5 Å². The number of methoxy groups -OCH3 is 1. The number of rotatable bonds is 11. The number of benzene rings is 3. The summed E-state index contributed by atoms with van der Waals surface area (Å²) in [6.45, 7) is 3.42. The molecule has 0 spiro atoms. The number of esters is 1. The first kappa shape index (κ1) is 27.4. The molecule has 0 saturated heterocycles. The van der Waals surface area contributed by atoms with E-state index < -0.39 is 28.4 Å². The van der Waals surface area contributed by atoms with Crippen molar-refractivity contribution in [2.45, 2.75) is 24.7 Å². The molecule has 0 aliphatic rings. The van der Waals surface area contributed by atoms with Gasteiger partial charge in [-0.3, -0.25) is 9.10 Å². The molecule has 0 aliphatic heterocycles. The molecule has 37 heavy (non-hydrogen) atoms. The topological polar surface area (TPSA) is 114 Å². The predicted molar refractivity (Wildman–Crippen MR) is 141 cm³/mol. The molecular weight excluding hydrogens is 494 g/mol. The van der Waals surface area contributed by atoms with Crippen molar-refractivity contribution < 1.29 is 27.5 Å². The van der Waals surface area contributed by atoms with Crippen molar-refractivity contribution in [2.24, 2.45) is 5.10 Å². The van der Waals surface area contributed by atoms with Gasteiger partial charge in [-0.25, -0.2) is 18.6 Å². The van der Waals surface area contributed by atoms with Crippen LogP contribution in [0.3, 0.4) is 0 Å². The second-order valence-corrected chi connectivity index (χ2v) is 10.2. The molecule has 3 aromatic carbocycles. The molecule has 0 saturated carbocycles. The maximum Gasteiger partial charge on any atom is 0.343 e. The van der Waals surface area contributed by atoms with Crippen LogP contribution in [0, 0.1) is 0 Å². The number of carbonyl (C=O) groups excluding carboxylic acids is 2. The molecule has 0 unspecified atom stereocenters. The fourth-order valence-corrected chi connectivity index (χ4v) is 4.70. The normalized spacial score (nSPS) is 11.4. The fraction of sp³-hybridized carbons (Fsp3) is 0.222. The molecule has 9 nitrogen and oxygen atoms in total. The van der Waals surface area contributed by atoms with E-state index in [0.717, 1.165) is 9.87 Å². The van der Waals surface area contributed by atoms with E-state index in [1.165, 1.54) is 25.5 Å². The number of nitrogens with zero attached hydrogens (tertiary/aromatic N) is 2. The summed E-state index contributed by atoms with van der Waals surface area (Å²) in [5, 5.41) is 3.94. The standard InChI is InChI=1S/C27H29N3O6S/c1-20(2)22-11-13-23(14-12-22)30(37(33,34)25-7-5-4-6-8-25)18-26(31)29-28-17-21-9-15-24(16-10-21)36-19-27(32)35-3/h4-17,20H,18-19H2,1-3H3,(H,29,31)/b28-17+. The Labute approximate surface area is 216 Å². The predicted octanol–water partition coefficient (Wildman–Crippen LogP) is 3.71. The van der Waals surface area contributed by atoms with Gasteiger partial charge in [0.25, 0.3) is 15.9 Å². The third kappa shape index (κ3) is 7.65. The highest BCUT2D eigenvalue weighted by atomic mass is 32.2. The van der Waals surface area contributed by atoms with E-state index >= 15 is 0 Å². The minimum absolute atomic E-state index is 0.0775. The molecule has 0 aliphatic carbocycles. The van der Waals surface area contributed by atoms with Crippen LogP contribution in [0.4, 0.5) is 5.69 Å². The fourth-order valence-electron chi connectivity index (χ4n) is 3.26. The highest BCUT2D eigenvalue weighted by Crippen LogP contribution is 2.25. The van der Waals surface area contributed by atoms with Gasteiger partial charge in [0.15, 0.2) is 6.61 Å². The van der Waals surface area contributed by atoms with Gasteiger partial charge in [-0.05, 0) is 65.6 Å². The van der Waals surface area contributed by atoms with Crippen molar-refractivity contribution in [1.82, 2.24) is 5.43 Å². The van der Waals surface area contributed by atoms with E-state index in [0.29, 0.717) is 17.0 Å². The zero-order chi connectivity index (χ0) is 26.8. The summed E-state index contributed by atoms with van der Waals surface area (Å²) in [6.07, 6.45) is 1.41. The summed E-state index contributed by atoms with van der Waals surface area (Å²) in [5.74, 6) is -0.356. The van der Waals surface area contributed by atoms with E-state index in [4.69, 9.17) is 4.74 Å². The minimum atomic E-state index is -4.00. The number of hydrazone groups is 1. The number of hydrogen-bond donors (Lipinski definition) is 1. The third-order valence-electron chi connectivity index (χ3n) is 5.33. The Balaban J connectivity index is 1.71. The maximum atomic E-state index is 13.4. The van der Waals surface area contributed by atoms with Crippen molar-refractivity contribution in [2.75, 3.05) is 24.6 Å². The summed E-state index contributed by atoms with van der Waals surface area (Å²) in [7, 11) is -2.73. The second-order valence-electron chi connectivity index (χ2n) is 8.30. The van der Waals surface area contributed by atoms with Gasteiger partial charge in [0.1, 0.15) is 12.3 Å². The molecule has 3 aromatic rings. The Morgan fingerprint density at radius 2 is 1.62 bits per heavy atom. The van der Waals surface area contributed by atoms with Gasteiger partial charge >= 0.3 is 5.97 Å². The first-order valence-corrected chi connectivity index (χ1v) is 12.9. The van der Waals surface area contributed by atoms with Crippen molar-refractivity contribution in [3.05, 3.63) is 90.0 Å². The molecule has 1 amide bonds. The highest BCUT2D eigenvalue weighted by Gasteiger charge is 2.27. The molecule has 10 heteroatoms. The first-order chi connectivity index (χ1) is 17.7. The lowest BCUT2D eigenvalue weighted by molar-refractivity contribution is -0.142. The Hall–Kier alpha value is -4.18. The van der Waals surface area contributed by atoms with Gasteiger partial charge in [0, 0.05) is 0 Å². The zero-order valence-electron chi connectivity index (χ0n) is 20.8. The molecule has 0 aromatic heterocycles. The van der Waals surface area contributed by atoms with Crippen LogP contribution in [-0.2, 0) is 24.3 Å². The van der Waals surface area contributed by atoms with Gasteiger partial charge in [-0.2, -0.15) is 5.10 Å². The lowest BCUT2D eigenvalue weighted by Crippen LogP contribution is -2.39. The monoisotopic (exact) mass is 523 g/mol. The van der Waals surface area contributed by atoms with Crippen LogP contribution in [0.1, 0.15) is 30.9 Å². The molecule has 0 fully saturated rings. The van der Waals surface area contributed by atoms with Gasteiger partial charge in [-0.1, -0.05) is 44.2 Å². The summed E-state index contributed by atoms with van der Waals surface area (Å²) >= 11 is 0. The first-order valence-electron chi connectivity index (χ1n) is 11.5. The summed E-state index contributed by atoms with van der Waals surface area (Å²) < 4.78 is 37.7. The number of hydrogen-bond acceptors (Lipinski definition) is 7. The molecule has 0 atom stereocenters. The van der Waals surface area contributed by atoms with Crippen LogP contribution in [0.25, 0.3) is 0 Å². The van der Waals surface area contributed by atoms with Crippen molar-refractivity contribution in [3.63, 3.8) is 0 Å². The minimum Gasteiger partial charge on any atom is -0.482 e. The average Bonchev–Trinajstić information content (AvgIpc) is 2.91. The van der Waals surface area contributed by atoms with Crippen LogP contribution in [0.5, 0.6) is 5.75 Å². The van der Waals surface area contributed by atoms with Crippen molar-refractivity contribution in [3.8, 4) is 5.75 Å². The van der Waals surface area contributed by atoms with E-state index in [1.807, 2.05) is 26.0 Å². The van der Waals surface area contributed by atoms with Gasteiger partial charge in [0.05, 0.1) is 23.9 Å². The quantitative estimate of drug-likeness (QED) is 0.233. The second kappa shape index (κ2) is 12.7. The summed E-state index contributed by atoms with van der Waals surface area (Å²) in [6, 6.07) is 21.7. The number of amides is 1. The SMILES string of the molecule is COC(=O)COc1ccc(/C=N/NC(=O)CN(c2ccc(C(C)C)cc2)S(=O)(=O)c2ccccc2)cc1. The number of nitrogens with one attached hydrogen (secondary N) is 1. The number of sulfonamides is 1. The van der Waals surface area contributed by atoms with E-state index in [2.05, 4.69) is 15.3 Å². The smallest absolute Gasteiger partial charge is 0.343 e. The highest BCUT2D eigenvalue weighted by molar-refractivity contribution is 7.92. The summed E-state index contributed by atoms with van der Waals surface area (Å²) in [4.78, 5) is 23.9. The van der Waals surface area contributed by atoms with Gasteiger partial charge < -0.3 is 9.47 Å². The van der Waals surface area contributed by atoms with Crippen molar-refractivity contribution in [1.29, 1.82) is 0 Å². The molecular formula is C27H29N3O6S. The summed E-state index contributed by atoms with van der Waals surface area (Å²) in [5.41, 5.74) is 4.46. The van der Waals surface area contributed by atoms with Crippen molar-refractivity contribution >= 4 is 33.8 Å². The van der Waals surface area contributed by atoms with Crippen LogP contribution in [0.2, 0.25) is 0 Å². The number of anilines is 1. The Bertz CT molecular complexity index is 1320. The van der Waals surface area contributed by atoms with E-state index in [9.17, 15) is 18.0 Å². The Kier molecular flexibility index (Phi) is 9.39. The number of ether oxygens (including phenoxy) is 2. The van der Waals surface area contributed by atoms with Crippen LogP contribution in [0.15, 0.2) is 88.9 Å².